The summed E-state index contributed by atoms with van der Waals surface area (Å²) in [6.07, 6.45) is 3.64. The first-order valence-electron chi connectivity index (χ1n) is 4.86. The van der Waals surface area contributed by atoms with Crippen LogP contribution < -0.4 is 5.32 Å². The number of nitrogens with zero attached hydrogens (tertiary/aromatic N) is 1. The molecule has 0 amide bonds. The number of aromatic amines is 1. The average Bonchev–Trinajstić information content (AvgIpc) is 2.55. The molecule has 0 saturated heterocycles. The second-order valence-electron chi connectivity index (χ2n) is 3.90. The second kappa shape index (κ2) is 4.42. The molecule has 0 aliphatic heterocycles. The van der Waals surface area contributed by atoms with E-state index >= 15 is 0 Å². The SMILES string of the molecule is CC(NC(C)C(C)C)c1ncc[nH]1. The van der Waals surface area contributed by atoms with Gasteiger partial charge in [0.15, 0.2) is 0 Å². The standard InChI is InChI=1S/C10H19N3/c1-7(2)8(3)13-9(4)10-11-5-6-12-10/h5-9,13H,1-4H3,(H,11,12). The van der Waals surface area contributed by atoms with Gasteiger partial charge in [0.1, 0.15) is 5.82 Å². The molecule has 1 aromatic rings. The maximum atomic E-state index is 4.21. The smallest absolute Gasteiger partial charge is 0.122 e. The van der Waals surface area contributed by atoms with Crippen molar-refractivity contribution < 1.29 is 0 Å². The topological polar surface area (TPSA) is 40.7 Å². The zero-order valence-electron chi connectivity index (χ0n) is 8.83. The highest BCUT2D eigenvalue weighted by Gasteiger charge is 2.12. The Balaban J connectivity index is 2.46. The van der Waals surface area contributed by atoms with Crippen LogP contribution in [0.4, 0.5) is 0 Å². The zero-order chi connectivity index (χ0) is 9.84. The van der Waals surface area contributed by atoms with Crippen molar-refractivity contribution >= 4 is 0 Å². The van der Waals surface area contributed by atoms with Gasteiger partial charge in [0, 0.05) is 18.4 Å². The number of imidazole rings is 1. The summed E-state index contributed by atoms with van der Waals surface area (Å²) in [7, 11) is 0. The van der Waals surface area contributed by atoms with Crippen LogP contribution in [0.5, 0.6) is 0 Å². The van der Waals surface area contributed by atoms with E-state index in [1.54, 1.807) is 6.20 Å². The monoisotopic (exact) mass is 181 g/mol. The molecular weight excluding hydrogens is 162 g/mol. The van der Waals surface area contributed by atoms with Crippen LogP contribution in [0.1, 0.15) is 39.6 Å². The molecule has 0 aromatic carbocycles. The van der Waals surface area contributed by atoms with E-state index in [-0.39, 0.29) is 0 Å². The molecule has 1 heterocycles. The summed E-state index contributed by atoms with van der Waals surface area (Å²) >= 11 is 0. The molecule has 2 atom stereocenters. The first kappa shape index (κ1) is 10.3. The highest BCUT2D eigenvalue weighted by atomic mass is 15.0. The third-order valence-electron chi connectivity index (χ3n) is 2.44. The van der Waals surface area contributed by atoms with Crippen LogP contribution in [0, 0.1) is 5.92 Å². The molecule has 1 rings (SSSR count). The lowest BCUT2D eigenvalue weighted by Gasteiger charge is -2.21. The number of hydrogen-bond donors (Lipinski definition) is 2. The molecule has 0 radical (unpaired) electrons. The first-order valence-corrected chi connectivity index (χ1v) is 4.86. The minimum absolute atomic E-state index is 0.299. The Labute approximate surface area is 80.0 Å². The number of nitrogens with one attached hydrogen (secondary N) is 2. The minimum Gasteiger partial charge on any atom is -0.347 e. The molecular formula is C10H19N3. The molecule has 0 aliphatic rings. The lowest BCUT2D eigenvalue weighted by molar-refractivity contribution is 0.382. The lowest BCUT2D eigenvalue weighted by Crippen LogP contribution is -2.33. The fourth-order valence-electron chi connectivity index (χ4n) is 1.18. The summed E-state index contributed by atoms with van der Waals surface area (Å²) in [5.41, 5.74) is 0. The Bertz CT molecular complexity index is 228. The van der Waals surface area contributed by atoms with E-state index in [1.165, 1.54) is 0 Å². The second-order valence-corrected chi connectivity index (χ2v) is 3.90. The third kappa shape index (κ3) is 2.84. The van der Waals surface area contributed by atoms with Gasteiger partial charge in [-0.1, -0.05) is 13.8 Å². The van der Waals surface area contributed by atoms with Crippen molar-refractivity contribution in [2.75, 3.05) is 0 Å². The van der Waals surface area contributed by atoms with Gasteiger partial charge < -0.3 is 10.3 Å². The van der Waals surface area contributed by atoms with E-state index in [9.17, 15) is 0 Å². The van der Waals surface area contributed by atoms with E-state index in [4.69, 9.17) is 0 Å². The van der Waals surface area contributed by atoms with Gasteiger partial charge in [0.25, 0.3) is 0 Å². The Morgan fingerprint density at radius 1 is 1.31 bits per heavy atom. The minimum atomic E-state index is 0.299. The summed E-state index contributed by atoms with van der Waals surface area (Å²) in [6, 6.07) is 0.813. The van der Waals surface area contributed by atoms with Gasteiger partial charge in [-0.2, -0.15) is 0 Å². The Morgan fingerprint density at radius 3 is 2.46 bits per heavy atom. The van der Waals surface area contributed by atoms with E-state index in [0.717, 1.165) is 5.82 Å². The number of rotatable bonds is 4. The van der Waals surface area contributed by atoms with Gasteiger partial charge in [-0.25, -0.2) is 4.98 Å². The van der Waals surface area contributed by atoms with Crippen LogP contribution in [0.2, 0.25) is 0 Å². The van der Waals surface area contributed by atoms with Crippen molar-refractivity contribution in [3.8, 4) is 0 Å². The van der Waals surface area contributed by atoms with Crippen LogP contribution >= 0.6 is 0 Å². The predicted octanol–water partition coefficient (Wildman–Crippen LogP) is 2.10. The number of aromatic nitrogens is 2. The number of hydrogen-bond acceptors (Lipinski definition) is 2. The quantitative estimate of drug-likeness (QED) is 0.747. The first-order chi connectivity index (χ1) is 6.11. The van der Waals surface area contributed by atoms with E-state index < -0.39 is 0 Å². The van der Waals surface area contributed by atoms with Crippen LogP contribution in [0.3, 0.4) is 0 Å². The van der Waals surface area contributed by atoms with Crippen molar-refractivity contribution in [1.29, 1.82) is 0 Å². The average molecular weight is 181 g/mol. The van der Waals surface area contributed by atoms with E-state index in [0.29, 0.717) is 18.0 Å². The van der Waals surface area contributed by atoms with Crippen molar-refractivity contribution in [1.82, 2.24) is 15.3 Å². The Morgan fingerprint density at radius 2 is 2.00 bits per heavy atom. The van der Waals surface area contributed by atoms with Gasteiger partial charge in [-0.15, -0.1) is 0 Å². The van der Waals surface area contributed by atoms with Crippen LogP contribution in [0.15, 0.2) is 12.4 Å². The molecule has 13 heavy (non-hydrogen) atoms. The molecule has 0 aliphatic carbocycles. The molecule has 74 valence electrons. The van der Waals surface area contributed by atoms with Crippen molar-refractivity contribution in [3.63, 3.8) is 0 Å². The lowest BCUT2D eigenvalue weighted by atomic mass is 10.1. The summed E-state index contributed by atoms with van der Waals surface area (Å²) in [5.74, 6) is 1.66. The van der Waals surface area contributed by atoms with Crippen LogP contribution in [-0.4, -0.2) is 16.0 Å². The van der Waals surface area contributed by atoms with Gasteiger partial charge in [0.2, 0.25) is 0 Å². The van der Waals surface area contributed by atoms with Gasteiger partial charge >= 0.3 is 0 Å². The van der Waals surface area contributed by atoms with Gasteiger partial charge in [0.05, 0.1) is 6.04 Å². The summed E-state index contributed by atoms with van der Waals surface area (Å²) in [5, 5.41) is 3.49. The molecule has 2 unspecified atom stereocenters. The largest absolute Gasteiger partial charge is 0.347 e. The fraction of sp³-hybridized carbons (Fsp3) is 0.700. The zero-order valence-corrected chi connectivity index (χ0v) is 8.83. The van der Waals surface area contributed by atoms with Crippen molar-refractivity contribution in [3.05, 3.63) is 18.2 Å². The van der Waals surface area contributed by atoms with Crippen LogP contribution in [-0.2, 0) is 0 Å². The molecule has 3 nitrogen and oxygen atoms in total. The Kier molecular flexibility index (Phi) is 3.48. The van der Waals surface area contributed by atoms with Crippen molar-refractivity contribution in [2.24, 2.45) is 5.92 Å². The highest BCUT2D eigenvalue weighted by Crippen LogP contribution is 2.09. The van der Waals surface area contributed by atoms with Crippen LogP contribution in [0.25, 0.3) is 0 Å². The summed E-state index contributed by atoms with van der Waals surface area (Å²) in [4.78, 5) is 7.32. The molecule has 0 spiro atoms. The van der Waals surface area contributed by atoms with Gasteiger partial charge in [-0.3, -0.25) is 0 Å². The number of H-pyrrole nitrogens is 1. The molecule has 0 fully saturated rings. The molecule has 0 bridgehead atoms. The van der Waals surface area contributed by atoms with E-state index in [1.807, 2.05) is 6.20 Å². The maximum absolute atomic E-state index is 4.21. The summed E-state index contributed by atoms with van der Waals surface area (Å²) in [6.45, 7) is 8.75. The van der Waals surface area contributed by atoms with Crippen molar-refractivity contribution in [2.45, 2.75) is 39.8 Å². The summed E-state index contributed by atoms with van der Waals surface area (Å²) < 4.78 is 0. The molecule has 3 heteroatoms. The fourth-order valence-corrected chi connectivity index (χ4v) is 1.18. The normalized spacial score (nSPS) is 16.1. The molecule has 2 N–H and O–H groups in total. The Hall–Kier alpha value is -0.830. The molecule has 1 aromatic heterocycles. The van der Waals surface area contributed by atoms with Gasteiger partial charge in [-0.05, 0) is 19.8 Å². The molecule has 0 saturated carbocycles. The predicted molar refractivity (Wildman–Crippen MR) is 54.4 cm³/mol. The third-order valence-corrected chi connectivity index (χ3v) is 2.44. The van der Waals surface area contributed by atoms with E-state index in [2.05, 4.69) is 43.0 Å². The highest BCUT2D eigenvalue weighted by molar-refractivity contribution is 4.94. The maximum Gasteiger partial charge on any atom is 0.122 e.